The van der Waals surface area contributed by atoms with Crippen molar-refractivity contribution >= 4 is 5.57 Å². The SMILES string of the molecule is CC/C=C(/C)c1ccccc1C.CCCCc1ccccc1.Cc1ccc(C)cc1. The standard InChI is InChI=1S/C12H16.C10H14.C8H10/c1-4-7-10(2)12-9-6-5-8-11(12)3;1-2-3-7-10-8-5-4-6-9-10;1-7-3-5-8(2)6-4-7/h5-9H,4H2,1-3H3;4-6,8-9H,2-3,7H2,1H3;3-6H,1-2H3/b10-7-;;. The summed E-state index contributed by atoms with van der Waals surface area (Å²) >= 11 is 0. The minimum atomic E-state index is 1.11. The highest BCUT2D eigenvalue weighted by Crippen LogP contribution is 2.17. The number of allylic oxidation sites excluding steroid dienone is 2. The molecule has 160 valence electrons. The molecule has 0 amide bonds. The van der Waals surface area contributed by atoms with Crippen molar-refractivity contribution in [2.75, 3.05) is 0 Å². The number of rotatable bonds is 5. The molecule has 0 heterocycles. The molecule has 0 bridgehead atoms. The fourth-order valence-electron chi connectivity index (χ4n) is 3.09. The van der Waals surface area contributed by atoms with Crippen LogP contribution in [0.15, 0.2) is 84.9 Å². The molecule has 0 aliphatic rings. The lowest BCUT2D eigenvalue weighted by Crippen LogP contribution is -1.83. The van der Waals surface area contributed by atoms with Gasteiger partial charge in [-0.15, -0.1) is 0 Å². The molecule has 0 fully saturated rings. The van der Waals surface area contributed by atoms with Crippen LogP contribution in [0, 0.1) is 20.8 Å². The lowest BCUT2D eigenvalue weighted by atomic mass is 10.0. The van der Waals surface area contributed by atoms with Crippen LogP contribution in [-0.2, 0) is 6.42 Å². The van der Waals surface area contributed by atoms with Crippen molar-refractivity contribution in [3.63, 3.8) is 0 Å². The second kappa shape index (κ2) is 15.3. The molecule has 0 aliphatic heterocycles. The fraction of sp³-hybridized carbons (Fsp3) is 0.333. The highest BCUT2D eigenvalue weighted by molar-refractivity contribution is 5.66. The Morgan fingerprint density at radius 3 is 1.73 bits per heavy atom. The Bertz CT molecular complexity index is 818. The molecular weight excluding hydrogens is 360 g/mol. The van der Waals surface area contributed by atoms with Gasteiger partial charge in [-0.3, -0.25) is 0 Å². The number of unbranched alkanes of at least 4 members (excludes halogenated alkanes) is 1. The second-order valence-corrected chi connectivity index (χ2v) is 7.85. The summed E-state index contributed by atoms with van der Waals surface area (Å²) in [7, 11) is 0. The first-order valence-electron chi connectivity index (χ1n) is 11.3. The predicted octanol–water partition coefficient (Wildman–Crippen LogP) is 9.14. The van der Waals surface area contributed by atoms with E-state index >= 15 is 0 Å². The summed E-state index contributed by atoms with van der Waals surface area (Å²) in [4.78, 5) is 0. The highest BCUT2D eigenvalue weighted by Gasteiger charge is 1.96. The largest absolute Gasteiger partial charge is 0.0813 e. The van der Waals surface area contributed by atoms with Crippen molar-refractivity contribution in [1.29, 1.82) is 0 Å². The topological polar surface area (TPSA) is 0 Å². The van der Waals surface area contributed by atoms with Gasteiger partial charge >= 0.3 is 0 Å². The van der Waals surface area contributed by atoms with Crippen molar-refractivity contribution < 1.29 is 0 Å². The Morgan fingerprint density at radius 2 is 1.23 bits per heavy atom. The fourth-order valence-corrected chi connectivity index (χ4v) is 3.09. The first-order valence-corrected chi connectivity index (χ1v) is 11.3. The van der Waals surface area contributed by atoms with Crippen LogP contribution in [0.5, 0.6) is 0 Å². The summed E-state index contributed by atoms with van der Waals surface area (Å²) in [6.45, 7) is 12.9. The van der Waals surface area contributed by atoms with E-state index in [1.54, 1.807) is 0 Å². The van der Waals surface area contributed by atoms with Gasteiger partial charge in [0.1, 0.15) is 0 Å². The second-order valence-electron chi connectivity index (χ2n) is 7.85. The maximum absolute atomic E-state index is 2.27. The van der Waals surface area contributed by atoms with Gasteiger partial charge in [0.05, 0.1) is 0 Å². The van der Waals surface area contributed by atoms with Gasteiger partial charge < -0.3 is 0 Å². The third-order valence-electron chi connectivity index (χ3n) is 4.96. The summed E-state index contributed by atoms with van der Waals surface area (Å²) in [5.74, 6) is 0. The van der Waals surface area contributed by atoms with E-state index in [9.17, 15) is 0 Å². The first-order chi connectivity index (χ1) is 14.5. The van der Waals surface area contributed by atoms with E-state index in [2.05, 4.69) is 126 Å². The molecule has 0 heteroatoms. The van der Waals surface area contributed by atoms with E-state index in [-0.39, 0.29) is 0 Å². The van der Waals surface area contributed by atoms with Gasteiger partial charge in [0, 0.05) is 0 Å². The van der Waals surface area contributed by atoms with Gasteiger partial charge in [-0.25, -0.2) is 0 Å². The van der Waals surface area contributed by atoms with Gasteiger partial charge in [0.25, 0.3) is 0 Å². The van der Waals surface area contributed by atoms with Gasteiger partial charge in [-0.2, -0.15) is 0 Å². The van der Waals surface area contributed by atoms with Crippen LogP contribution >= 0.6 is 0 Å². The van der Waals surface area contributed by atoms with Gasteiger partial charge in [0.2, 0.25) is 0 Å². The van der Waals surface area contributed by atoms with E-state index in [1.807, 2.05) is 0 Å². The van der Waals surface area contributed by atoms with Gasteiger partial charge in [0.15, 0.2) is 0 Å². The summed E-state index contributed by atoms with van der Waals surface area (Å²) < 4.78 is 0. The summed E-state index contributed by atoms with van der Waals surface area (Å²) in [6, 6.07) is 27.6. The van der Waals surface area contributed by atoms with Crippen molar-refractivity contribution in [2.24, 2.45) is 0 Å². The minimum Gasteiger partial charge on any atom is -0.0813 e. The molecule has 0 saturated carbocycles. The summed E-state index contributed by atoms with van der Waals surface area (Å²) in [5.41, 5.74) is 8.24. The molecule has 0 aromatic heterocycles. The highest BCUT2D eigenvalue weighted by atomic mass is 14.0. The molecule has 0 radical (unpaired) electrons. The minimum absolute atomic E-state index is 1.11. The molecule has 0 spiro atoms. The molecule has 0 atom stereocenters. The Balaban J connectivity index is 0.000000230. The lowest BCUT2D eigenvalue weighted by Gasteiger charge is -2.04. The van der Waals surface area contributed by atoms with E-state index < -0.39 is 0 Å². The van der Waals surface area contributed by atoms with Crippen LogP contribution in [0.4, 0.5) is 0 Å². The van der Waals surface area contributed by atoms with Crippen LogP contribution < -0.4 is 0 Å². The smallest absolute Gasteiger partial charge is 0.0201 e. The Labute approximate surface area is 185 Å². The van der Waals surface area contributed by atoms with Gasteiger partial charge in [-0.05, 0) is 69.2 Å². The molecule has 3 aromatic rings. The number of hydrogen-bond donors (Lipinski definition) is 0. The third kappa shape index (κ3) is 10.8. The average molecular weight is 401 g/mol. The van der Waals surface area contributed by atoms with Crippen LogP contribution in [0.2, 0.25) is 0 Å². The van der Waals surface area contributed by atoms with Crippen LogP contribution in [0.3, 0.4) is 0 Å². The Morgan fingerprint density at radius 1 is 0.700 bits per heavy atom. The zero-order valence-corrected chi connectivity index (χ0v) is 19.9. The van der Waals surface area contributed by atoms with Crippen LogP contribution in [0.25, 0.3) is 5.57 Å². The van der Waals surface area contributed by atoms with Crippen molar-refractivity contribution in [2.45, 2.75) is 67.2 Å². The van der Waals surface area contributed by atoms with E-state index in [4.69, 9.17) is 0 Å². The summed E-state index contributed by atoms with van der Waals surface area (Å²) in [5, 5.41) is 0. The maximum Gasteiger partial charge on any atom is -0.0201 e. The monoisotopic (exact) mass is 400 g/mol. The molecule has 0 unspecified atom stereocenters. The van der Waals surface area contributed by atoms with Crippen LogP contribution in [0.1, 0.15) is 67.9 Å². The van der Waals surface area contributed by atoms with Crippen LogP contribution in [-0.4, -0.2) is 0 Å². The molecule has 3 rings (SSSR count). The zero-order valence-electron chi connectivity index (χ0n) is 19.9. The van der Waals surface area contributed by atoms with Crippen molar-refractivity contribution in [3.8, 4) is 0 Å². The molecule has 0 nitrogen and oxygen atoms in total. The molecule has 0 aliphatic carbocycles. The maximum atomic E-state index is 2.27. The number of aryl methyl sites for hydroxylation is 4. The predicted molar refractivity (Wildman–Crippen MR) is 136 cm³/mol. The zero-order chi connectivity index (χ0) is 22.2. The quantitative estimate of drug-likeness (QED) is 0.400. The van der Waals surface area contributed by atoms with Crippen molar-refractivity contribution in [3.05, 3.63) is 113 Å². The molecule has 0 N–H and O–H groups in total. The molecule has 30 heavy (non-hydrogen) atoms. The number of benzene rings is 3. The Kier molecular flexibility index (Phi) is 12.9. The number of hydrogen-bond acceptors (Lipinski definition) is 0. The molecule has 3 aromatic carbocycles. The van der Waals surface area contributed by atoms with Gasteiger partial charge in [-0.1, -0.05) is 116 Å². The van der Waals surface area contributed by atoms with E-state index in [0.717, 1.165) is 6.42 Å². The molecule has 0 saturated heterocycles. The van der Waals surface area contributed by atoms with E-state index in [0.29, 0.717) is 0 Å². The third-order valence-corrected chi connectivity index (χ3v) is 4.96. The normalized spacial score (nSPS) is 10.4. The summed E-state index contributed by atoms with van der Waals surface area (Å²) in [6.07, 6.45) is 7.21. The van der Waals surface area contributed by atoms with Crippen molar-refractivity contribution in [1.82, 2.24) is 0 Å². The van der Waals surface area contributed by atoms with E-state index in [1.165, 1.54) is 52.7 Å². The lowest BCUT2D eigenvalue weighted by molar-refractivity contribution is 0.795. The molecular formula is C30H40. The first kappa shape index (κ1) is 25.4. The average Bonchev–Trinajstić information content (AvgIpc) is 2.76. The Hall–Kier alpha value is -2.60.